The van der Waals surface area contributed by atoms with Crippen molar-refractivity contribution in [3.63, 3.8) is 0 Å². The molecule has 1 aromatic rings. The molecule has 6 nitrogen and oxygen atoms in total. The number of carbonyl (C=O) groups is 3. The van der Waals surface area contributed by atoms with Crippen LogP contribution in [-0.2, 0) is 14.4 Å². The van der Waals surface area contributed by atoms with E-state index in [-0.39, 0.29) is 30.8 Å². The van der Waals surface area contributed by atoms with Gasteiger partial charge in [0.05, 0.1) is 18.4 Å². The van der Waals surface area contributed by atoms with Crippen molar-refractivity contribution >= 4 is 23.9 Å². The maximum Gasteiger partial charge on any atom is 0.308 e. The van der Waals surface area contributed by atoms with Gasteiger partial charge in [-0.1, -0.05) is 24.3 Å². The highest BCUT2D eigenvalue weighted by molar-refractivity contribution is 5.82. The van der Waals surface area contributed by atoms with Gasteiger partial charge in [-0.3, -0.25) is 14.4 Å². The zero-order valence-electron chi connectivity index (χ0n) is 14.2. The minimum atomic E-state index is -0.853. The highest BCUT2D eigenvalue weighted by Gasteiger charge is 2.33. The summed E-state index contributed by atoms with van der Waals surface area (Å²) in [6.45, 7) is 2.31. The van der Waals surface area contributed by atoms with Crippen LogP contribution in [0.2, 0.25) is 0 Å². The molecule has 0 bridgehead atoms. The molecule has 0 radical (unpaired) electrons. The molecule has 2 aliphatic rings. The molecule has 132 valence electrons. The third-order valence-corrected chi connectivity index (χ3v) is 4.96. The van der Waals surface area contributed by atoms with Crippen molar-refractivity contribution in [2.75, 3.05) is 13.1 Å². The predicted molar refractivity (Wildman–Crippen MR) is 92.3 cm³/mol. The molecule has 6 heteroatoms. The highest BCUT2D eigenvalue weighted by Crippen LogP contribution is 2.33. The Morgan fingerprint density at radius 1 is 1.24 bits per heavy atom. The van der Waals surface area contributed by atoms with Gasteiger partial charge < -0.3 is 14.9 Å². The molecule has 2 heterocycles. The molecule has 1 unspecified atom stereocenters. The van der Waals surface area contributed by atoms with E-state index in [1.807, 2.05) is 30.3 Å². The Balaban J connectivity index is 1.79. The van der Waals surface area contributed by atoms with Crippen molar-refractivity contribution in [3.05, 3.63) is 41.6 Å². The van der Waals surface area contributed by atoms with Gasteiger partial charge in [-0.2, -0.15) is 0 Å². The number of aliphatic carboxylic acids is 1. The summed E-state index contributed by atoms with van der Waals surface area (Å²) >= 11 is 0. The van der Waals surface area contributed by atoms with Crippen LogP contribution in [0.25, 0.3) is 6.08 Å². The molecule has 25 heavy (non-hydrogen) atoms. The fourth-order valence-electron chi connectivity index (χ4n) is 3.61. The second kappa shape index (κ2) is 7.09. The van der Waals surface area contributed by atoms with Gasteiger partial charge in [-0.15, -0.1) is 0 Å². The van der Waals surface area contributed by atoms with E-state index in [1.165, 1.54) is 6.92 Å². The smallest absolute Gasteiger partial charge is 0.308 e. The zero-order valence-corrected chi connectivity index (χ0v) is 14.2. The van der Waals surface area contributed by atoms with E-state index in [4.69, 9.17) is 0 Å². The number of likely N-dealkylation sites (tertiary alicyclic amines) is 1. The van der Waals surface area contributed by atoms with Gasteiger partial charge in [-0.25, -0.2) is 0 Å². The van der Waals surface area contributed by atoms with Gasteiger partial charge in [0.15, 0.2) is 0 Å². The monoisotopic (exact) mass is 342 g/mol. The minimum Gasteiger partial charge on any atom is -0.481 e. The molecule has 0 aromatic heterocycles. The lowest BCUT2D eigenvalue weighted by Crippen LogP contribution is -2.44. The molecule has 0 aliphatic carbocycles. The van der Waals surface area contributed by atoms with Crippen molar-refractivity contribution < 1.29 is 19.5 Å². The van der Waals surface area contributed by atoms with E-state index in [0.29, 0.717) is 19.4 Å². The van der Waals surface area contributed by atoms with Crippen molar-refractivity contribution in [2.45, 2.75) is 32.2 Å². The fourth-order valence-corrected chi connectivity index (χ4v) is 3.61. The van der Waals surface area contributed by atoms with Gasteiger partial charge in [0.2, 0.25) is 11.8 Å². The average Bonchev–Trinajstić information content (AvgIpc) is 2.61. The number of hydrogen-bond donors (Lipinski definition) is 1. The molecule has 0 saturated carbocycles. The number of amides is 2. The van der Waals surface area contributed by atoms with Crippen LogP contribution in [0.15, 0.2) is 30.5 Å². The van der Waals surface area contributed by atoms with Gasteiger partial charge in [0.25, 0.3) is 0 Å². The molecular formula is C19H22N2O4. The van der Waals surface area contributed by atoms with Crippen molar-refractivity contribution in [1.29, 1.82) is 0 Å². The van der Waals surface area contributed by atoms with E-state index in [2.05, 4.69) is 0 Å². The molecule has 2 atom stereocenters. The number of carboxylic acid groups (broad SMARTS) is 1. The summed E-state index contributed by atoms with van der Waals surface area (Å²) in [5.41, 5.74) is 1.94. The lowest BCUT2D eigenvalue weighted by atomic mass is 9.92. The third-order valence-electron chi connectivity index (χ3n) is 4.96. The fraction of sp³-hybridized carbons (Fsp3) is 0.421. The average molecular weight is 342 g/mol. The number of rotatable bonds is 3. The van der Waals surface area contributed by atoms with Crippen LogP contribution in [0.3, 0.4) is 0 Å². The van der Waals surface area contributed by atoms with Crippen molar-refractivity contribution in [2.24, 2.45) is 5.92 Å². The summed E-state index contributed by atoms with van der Waals surface area (Å²) in [5, 5.41) is 9.20. The molecule has 2 amide bonds. The topological polar surface area (TPSA) is 77.9 Å². The van der Waals surface area contributed by atoms with Crippen LogP contribution in [0.4, 0.5) is 0 Å². The van der Waals surface area contributed by atoms with Crippen LogP contribution in [-0.4, -0.2) is 45.8 Å². The van der Waals surface area contributed by atoms with E-state index < -0.39 is 11.9 Å². The first-order valence-electron chi connectivity index (χ1n) is 8.54. The summed E-state index contributed by atoms with van der Waals surface area (Å²) in [5.74, 6) is -1.58. The predicted octanol–water partition coefficient (Wildman–Crippen LogP) is 2.27. The van der Waals surface area contributed by atoms with Gasteiger partial charge in [0.1, 0.15) is 0 Å². The molecule has 3 rings (SSSR count). The van der Waals surface area contributed by atoms with Crippen LogP contribution in [0, 0.1) is 5.92 Å². The molecular weight excluding hydrogens is 320 g/mol. The van der Waals surface area contributed by atoms with Crippen molar-refractivity contribution in [3.8, 4) is 0 Å². The van der Waals surface area contributed by atoms with Crippen LogP contribution >= 0.6 is 0 Å². The number of carbonyl (C=O) groups excluding carboxylic acids is 2. The second-order valence-corrected chi connectivity index (χ2v) is 6.61. The number of nitrogens with zero attached hydrogens (tertiary/aromatic N) is 2. The van der Waals surface area contributed by atoms with Crippen LogP contribution < -0.4 is 0 Å². The van der Waals surface area contributed by atoms with E-state index in [9.17, 15) is 19.5 Å². The summed E-state index contributed by atoms with van der Waals surface area (Å²) in [4.78, 5) is 39.2. The van der Waals surface area contributed by atoms with Crippen molar-refractivity contribution in [1.82, 2.24) is 9.80 Å². The maximum absolute atomic E-state index is 12.8. The maximum atomic E-state index is 12.8. The van der Waals surface area contributed by atoms with E-state index in [1.54, 1.807) is 16.0 Å². The van der Waals surface area contributed by atoms with Gasteiger partial charge >= 0.3 is 5.97 Å². The Bertz CT molecular complexity index is 728. The van der Waals surface area contributed by atoms with E-state index in [0.717, 1.165) is 11.1 Å². The summed E-state index contributed by atoms with van der Waals surface area (Å²) in [6.07, 6.45) is 5.05. The summed E-state index contributed by atoms with van der Waals surface area (Å²) in [7, 11) is 0. The Kier molecular flexibility index (Phi) is 4.88. The SMILES string of the molecule is CC(=O)N1C=Cc2ccccc2C1CC(=O)N1CCC[C@H](C(=O)O)C1. The molecule has 0 spiro atoms. The molecule has 1 N–H and O–H groups in total. The van der Waals surface area contributed by atoms with E-state index >= 15 is 0 Å². The number of carboxylic acids is 1. The number of benzene rings is 1. The minimum absolute atomic E-state index is 0.104. The Morgan fingerprint density at radius 2 is 2.00 bits per heavy atom. The zero-order chi connectivity index (χ0) is 18.0. The largest absolute Gasteiger partial charge is 0.481 e. The molecule has 2 aliphatic heterocycles. The first-order valence-corrected chi connectivity index (χ1v) is 8.54. The van der Waals surface area contributed by atoms with Crippen LogP contribution in [0.1, 0.15) is 43.4 Å². The number of fused-ring (bicyclic) bond motifs is 1. The summed E-state index contributed by atoms with van der Waals surface area (Å²) in [6, 6.07) is 7.37. The first kappa shape index (κ1) is 17.2. The normalized spacial score (nSPS) is 22.4. The second-order valence-electron chi connectivity index (χ2n) is 6.61. The summed E-state index contributed by atoms with van der Waals surface area (Å²) < 4.78 is 0. The Morgan fingerprint density at radius 3 is 2.72 bits per heavy atom. The quantitative estimate of drug-likeness (QED) is 0.914. The lowest BCUT2D eigenvalue weighted by molar-refractivity contribution is -0.146. The highest BCUT2D eigenvalue weighted by atomic mass is 16.4. The first-order chi connectivity index (χ1) is 12.0. The molecule has 1 aromatic carbocycles. The van der Waals surface area contributed by atoms with Gasteiger partial charge in [-0.05, 0) is 30.0 Å². The molecule has 1 fully saturated rings. The lowest BCUT2D eigenvalue weighted by Gasteiger charge is -2.35. The van der Waals surface area contributed by atoms with Crippen LogP contribution in [0.5, 0.6) is 0 Å². The number of piperidine rings is 1. The third kappa shape index (κ3) is 3.57. The Labute approximate surface area is 146 Å². The number of hydrogen-bond acceptors (Lipinski definition) is 3. The van der Waals surface area contributed by atoms with Gasteiger partial charge in [0, 0.05) is 26.2 Å². The standard InChI is InChI=1S/C19H22N2O4/c1-13(22)21-10-8-14-5-2-3-7-16(14)17(21)11-18(23)20-9-4-6-15(12-20)19(24)25/h2-3,5,7-8,10,15,17H,4,6,9,11-12H2,1H3,(H,24,25)/t15-,17?/m0/s1. The Hall–Kier alpha value is -2.63. The molecule has 1 saturated heterocycles.